The molecule has 1 heterocycles. The van der Waals surface area contributed by atoms with Crippen molar-refractivity contribution >= 4 is 21.7 Å². The summed E-state index contributed by atoms with van der Waals surface area (Å²) in [5, 5.41) is 2.25. The van der Waals surface area contributed by atoms with Crippen LogP contribution in [-0.4, -0.2) is 0 Å². The number of benzene rings is 3. The molecule has 0 saturated heterocycles. The Morgan fingerprint density at radius 3 is 2.35 bits per heavy atom. The molecule has 0 fully saturated rings. The van der Waals surface area contributed by atoms with Crippen molar-refractivity contribution in [2.24, 2.45) is 0 Å². The summed E-state index contributed by atoms with van der Waals surface area (Å²) in [5.41, 5.74) is 1.30. The van der Waals surface area contributed by atoms with Gasteiger partial charge < -0.3 is 9.15 Å². The largest absolute Gasteiger partial charge is 0.488 e. The van der Waals surface area contributed by atoms with Gasteiger partial charge in [-0.2, -0.15) is 0 Å². The maximum Gasteiger partial charge on any atom is 0.344 e. The standard InChI is InChI=1S/C20H14O3/c21-20-16-10-5-4-9-15(16)19-17(11-6-12-18(19)23-20)22-13-14-7-2-1-3-8-14/h1-12H,13H2. The van der Waals surface area contributed by atoms with Crippen molar-refractivity contribution in [1.29, 1.82) is 0 Å². The predicted octanol–water partition coefficient (Wildman–Crippen LogP) is 4.53. The van der Waals surface area contributed by atoms with E-state index in [-0.39, 0.29) is 5.63 Å². The summed E-state index contributed by atoms with van der Waals surface area (Å²) in [7, 11) is 0. The molecule has 4 rings (SSSR count). The Kier molecular flexibility index (Phi) is 3.31. The molecule has 112 valence electrons. The van der Waals surface area contributed by atoms with Crippen LogP contribution >= 0.6 is 0 Å². The molecule has 0 aliphatic rings. The van der Waals surface area contributed by atoms with E-state index in [4.69, 9.17) is 9.15 Å². The zero-order chi connectivity index (χ0) is 15.6. The van der Waals surface area contributed by atoms with E-state index in [0.717, 1.165) is 16.3 Å². The summed E-state index contributed by atoms with van der Waals surface area (Å²) in [6, 6.07) is 22.9. The third kappa shape index (κ3) is 2.46. The van der Waals surface area contributed by atoms with E-state index in [1.807, 2.05) is 60.7 Å². The van der Waals surface area contributed by atoms with Crippen molar-refractivity contribution in [2.45, 2.75) is 6.61 Å². The van der Waals surface area contributed by atoms with E-state index in [0.29, 0.717) is 23.3 Å². The second-order valence-corrected chi connectivity index (χ2v) is 5.34. The Morgan fingerprint density at radius 2 is 1.52 bits per heavy atom. The molecular formula is C20H14O3. The van der Waals surface area contributed by atoms with Gasteiger partial charge in [-0.3, -0.25) is 0 Å². The molecule has 0 spiro atoms. The second kappa shape index (κ2) is 5.61. The van der Waals surface area contributed by atoms with Crippen LogP contribution in [0.1, 0.15) is 5.56 Å². The molecule has 3 nitrogen and oxygen atoms in total. The SMILES string of the molecule is O=c1oc2cccc(OCc3ccccc3)c2c2ccccc12. The average Bonchev–Trinajstić information content (AvgIpc) is 2.61. The molecular weight excluding hydrogens is 288 g/mol. The van der Waals surface area contributed by atoms with Gasteiger partial charge in [-0.05, 0) is 23.8 Å². The molecule has 0 radical (unpaired) electrons. The summed E-state index contributed by atoms with van der Waals surface area (Å²) in [4.78, 5) is 12.1. The molecule has 0 saturated carbocycles. The first-order valence-corrected chi connectivity index (χ1v) is 7.44. The lowest BCUT2D eigenvalue weighted by Gasteiger charge is -2.10. The topological polar surface area (TPSA) is 39.4 Å². The van der Waals surface area contributed by atoms with Crippen LogP contribution in [0.15, 0.2) is 82.0 Å². The molecule has 4 aromatic rings. The fourth-order valence-electron chi connectivity index (χ4n) is 2.75. The number of hydrogen-bond donors (Lipinski definition) is 0. The van der Waals surface area contributed by atoms with Gasteiger partial charge in [-0.25, -0.2) is 4.79 Å². The first-order chi connectivity index (χ1) is 11.3. The van der Waals surface area contributed by atoms with Crippen LogP contribution in [0.5, 0.6) is 5.75 Å². The highest BCUT2D eigenvalue weighted by molar-refractivity contribution is 6.07. The summed E-state index contributed by atoms with van der Waals surface area (Å²) in [5.74, 6) is 0.714. The van der Waals surface area contributed by atoms with Gasteiger partial charge in [0.1, 0.15) is 17.9 Å². The molecule has 1 aromatic heterocycles. The molecule has 3 aromatic carbocycles. The molecule has 23 heavy (non-hydrogen) atoms. The van der Waals surface area contributed by atoms with Gasteiger partial charge in [0.25, 0.3) is 0 Å². The van der Waals surface area contributed by atoms with Crippen LogP contribution < -0.4 is 10.4 Å². The minimum atomic E-state index is -0.326. The summed E-state index contributed by atoms with van der Waals surface area (Å²) < 4.78 is 11.4. The van der Waals surface area contributed by atoms with Gasteiger partial charge in [0, 0.05) is 5.39 Å². The molecule has 3 heteroatoms. The van der Waals surface area contributed by atoms with Gasteiger partial charge in [-0.15, -0.1) is 0 Å². The van der Waals surface area contributed by atoms with Gasteiger partial charge in [0.05, 0.1) is 10.8 Å². The van der Waals surface area contributed by atoms with Crippen LogP contribution in [0, 0.1) is 0 Å². The summed E-state index contributed by atoms with van der Waals surface area (Å²) in [6.45, 7) is 0.466. The Balaban J connectivity index is 1.87. The molecule has 0 aliphatic heterocycles. The highest BCUT2D eigenvalue weighted by Crippen LogP contribution is 2.31. The fraction of sp³-hybridized carbons (Fsp3) is 0.0500. The normalized spacial score (nSPS) is 11.0. The smallest absolute Gasteiger partial charge is 0.344 e. The lowest BCUT2D eigenvalue weighted by molar-refractivity contribution is 0.310. The average molecular weight is 302 g/mol. The molecule has 0 atom stereocenters. The summed E-state index contributed by atoms with van der Waals surface area (Å²) >= 11 is 0. The predicted molar refractivity (Wildman–Crippen MR) is 90.8 cm³/mol. The van der Waals surface area contributed by atoms with E-state index in [9.17, 15) is 4.79 Å². The number of hydrogen-bond acceptors (Lipinski definition) is 3. The zero-order valence-electron chi connectivity index (χ0n) is 12.4. The first kappa shape index (κ1) is 13.6. The number of rotatable bonds is 3. The van der Waals surface area contributed by atoms with Crippen LogP contribution in [0.25, 0.3) is 21.7 Å². The third-order valence-electron chi connectivity index (χ3n) is 3.84. The molecule has 0 unspecified atom stereocenters. The summed E-state index contributed by atoms with van der Waals surface area (Å²) in [6.07, 6.45) is 0. The van der Waals surface area contributed by atoms with Crippen LogP contribution in [0.2, 0.25) is 0 Å². The molecule has 0 amide bonds. The van der Waals surface area contributed by atoms with Gasteiger partial charge in [0.15, 0.2) is 0 Å². The maximum atomic E-state index is 12.1. The molecule has 0 aliphatic carbocycles. The highest BCUT2D eigenvalue weighted by atomic mass is 16.5. The minimum absolute atomic E-state index is 0.326. The van der Waals surface area contributed by atoms with E-state index in [1.165, 1.54) is 0 Å². The van der Waals surface area contributed by atoms with Crippen molar-refractivity contribution < 1.29 is 9.15 Å². The van der Waals surface area contributed by atoms with Crippen molar-refractivity contribution in [1.82, 2.24) is 0 Å². The zero-order valence-corrected chi connectivity index (χ0v) is 12.4. The van der Waals surface area contributed by atoms with E-state index >= 15 is 0 Å². The Labute approximate surface area is 132 Å². The van der Waals surface area contributed by atoms with Crippen LogP contribution in [-0.2, 0) is 6.61 Å². The first-order valence-electron chi connectivity index (χ1n) is 7.44. The highest BCUT2D eigenvalue weighted by Gasteiger charge is 2.11. The van der Waals surface area contributed by atoms with E-state index < -0.39 is 0 Å². The maximum absolute atomic E-state index is 12.1. The van der Waals surface area contributed by atoms with Crippen LogP contribution in [0.4, 0.5) is 0 Å². The molecule has 0 N–H and O–H groups in total. The third-order valence-corrected chi connectivity index (χ3v) is 3.84. The van der Waals surface area contributed by atoms with Gasteiger partial charge in [-0.1, -0.05) is 54.6 Å². The quantitative estimate of drug-likeness (QED) is 0.412. The van der Waals surface area contributed by atoms with Crippen molar-refractivity contribution in [3.63, 3.8) is 0 Å². The Bertz CT molecular complexity index is 1030. The fourth-order valence-corrected chi connectivity index (χ4v) is 2.75. The van der Waals surface area contributed by atoms with Gasteiger partial charge >= 0.3 is 5.63 Å². The number of fused-ring (bicyclic) bond motifs is 3. The minimum Gasteiger partial charge on any atom is -0.488 e. The molecule has 0 bridgehead atoms. The van der Waals surface area contributed by atoms with Crippen molar-refractivity contribution in [2.75, 3.05) is 0 Å². The lowest BCUT2D eigenvalue weighted by atomic mass is 10.1. The Morgan fingerprint density at radius 1 is 0.783 bits per heavy atom. The van der Waals surface area contributed by atoms with E-state index in [1.54, 1.807) is 12.1 Å². The Hall–Kier alpha value is -3.07. The van der Waals surface area contributed by atoms with Crippen molar-refractivity contribution in [3.05, 3.63) is 88.8 Å². The number of ether oxygens (including phenoxy) is 1. The van der Waals surface area contributed by atoms with Crippen LogP contribution in [0.3, 0.4) is 0 Å². The monoisotopic (exact) mass is 302 g/mol. The second-order valence-electron chi connectivity index (χ2n) is 5.34. The van der Waals surface area contributed by atoms with E-state index in [2.05, 4.69) is 0 Å². The van der Waals surface area contributed by atoms with Gasteiger partial charge in [0.2, 0.25) is 0 Å². The van der Waals surface area contributed by atoms with Crippen molar-refractivity contribution in [3.8, 4) is 5.75 Å². The lowest BCUT2D eigenvalue weighted by Crippen LogP contribution is -2.01.